The Morgan fingerprint density at radius 3 is 2.56 bits per heavy atom. The molecule has 0 spiro atoms. The molecule has 3 aromatic rings. The Balaban J connectivity index is 1.62. The molecule has 0 aliphatic rings. The van der Waals surface area contributed by atoms with E-state index in [1.807, 2.05) is 36.6 Å². The summed E-state index contributed by atoms with van der Waals surface area (Å²) in [6.45, 7) is 2.79. The van der Waals surface area contributed by atoms with E-state index in [9.17, 15) is 13.5 Å². The number of thiophene rings is 2. The average Bonchev–Trinajstić information content (AvgIpc) is 3.36. The largest absolute Gasteiger partial charge is 0.494 e. The molecule has 2 N–H and O–H groups in total. The number of benzene rings is 1. The Kier molecular flexibility index (Phi) is 6.67. The molecule has 0 amide bonds. The molecule has 27 heavy (non-hydrogen) atoms. The molecule has 0 aliphatic carbocycles. The Labute approximate surface area is 167 Å². The number of aliphatic hydroxyl groups is 1. The van der Waals surface area contributed by atoms with Crippen LogP contribution in [0.2, 0.25) is 0 Å². The van der Waals surface area contributed by atoms with Crippen molar-refractivity contribution in [2.75, 3.05) is 6.61 Å². The van der Waals surface area contributed by atoms with E-state index in [-0.39, 0.29) is 11.4 Å². The van der Waals surface area contributed by atoms with Crippen LogP contribution < -0.4 is 9.46 Å². The van der Waals surface area contributed by atoms with Crippen molar-refractivity contribution in [1.82, 2.24) is 4.72 Å². The Morgan fingerprint density at radius 2 is 1.89 bits per heavy atom. The highest BCUT2D eigenvalue weighted by molar-refractivity contribution is 7.89. The summed E-state index contributed by atoms with van der Waals surface area (Å²) in [5.74, 6) is 0.654. The lowest BCUT2D eigenvalue weighted by atomic mass is 10.2. The second-order valence-electron chi connectivity index (χ2n) is 5.87. The van der Waals surface area contributed by atoms with Crippen LogP contribution in [0, 0.1) is 0 Å². The number of sulfonamides is 1. The van der Waals surface area contributed by atoms with Gasteiger partial charge in [-0.1, -0.05) is 13.0 Å². The van der Waals surface area contributed by atoms with Crippen molar-refractivity contribution in [1.29, 1.82) is 0 Å². The van der Waals surface area contributed by atoms with E-state index in [4.69, 9.17) is 4.74 Å². The zero-order chi connectivity index (χ0) is 19.3. The topological polar surface area (TPSA) is 75.6 Å². The van der Waals surface area contributed by atoms with Crippen molar-refractivity contribution in [2.24, 2.45) is 0 Å². The number of hydrogen-bond donors (Lipinski definition) is 2. The summed E-state index contributed by atoms with van der Waals surface area (Å²) in [5.41, 5.74) is 0. The van der Waals surface area contributed by atoms with Crippen molar-refractivity contribution in [3.63, 3.8) is 0 Å². The Morgan fingerprint density at radius 1 is 1.11 bits per heavy atom. The summed E-state index contributed by atoms with van der Waals surface area (Å²) in [6, 6.07) is 13.8. The first-order chi connectivity index (χ1) is 13.0. The van der Waals surface area contributed by atoms with Gasteiger partial charge in [-0.05, 0) is 54.3 Å². The lowest BCUT2D eigenvalue weighted by Gasteiger charge is -2.08. The standard InChI is InChI=1S/C19H21NO4S3/c1-2-11-24-14-5-8-16(9-6-14)27(22,23)20-13-15-7-10-18(26-15)19(21)17-4-3-12-25-17/h3-10,12,19-21H,2,11,13H2,1H3. The molecule has 144 valence electrons. The molecular formula is C19H21NO4S3. The van der Waals surface area contributed by atoms with Crippen molar-refractivity contribution in [2.45, 2.75) is 30.9 Å². The Bertz CT molecular complexity index is 947. The summed E-state index contributed by atoms with van der Waals surface area (Å²) in [7, 11) is -3.61. The van der Waals surface area contributed by atoms with Gasteiger partial charge in [0.05, 0.1) is 11.5 Å². The average molecular weight is 424 g/mol. The van der Waals surface area contributed by atoms with Gasteiger partial charge in [0.15, 0.2) is 0 Å². The van der Waals surface area contributed by atoms with Gasteiger partial charge in [-0.25, -0.2) is 13.1 Å². The monoisotopic (exact) mass is 423 g/mol. The first-order valence-corrected chi connectivity index (χ1v) is 11.7. The molecule has 5 nitrogen and oxygen atoms in total. The molecule has 0 aliphatic heterocycles. The second kappa shape index (κ2) is 8.99. The zero-order valence-corrected chi connectivity index (χ0v) is 17.2. The molecule has 0 saturated heterocycles. The SMILES string of the molecule is CCCOc1ccc(S(=O)(=O)NCc2ccc(C(O)c3cccs3)s2)cc1. The molecule has 2 heterocycles. The smallest absolute Gasteiger partial charge is 0.240 e. The minimum absolute atomic E-state index is 0.179. The lowest BCUT2D eigenvalue weighted by molar-refractivity contribution is 0.228. The van der Waals surface area contributed by atoms with Crippen LogP contribution >= 0.6 is 22.7 Å². The number of rotatable bonds is 9. The minimum atomic E-state index is -3.61. The van der Waals surface area contributed by atoms with Gasteiger partial charge in [-0.3, -0.25) is 0 Å². The number of ether oxygens (including phenoxy) is 1. The Hall–Kier alpha value is -1.71. The fraction of sp³-hybridized carbons (Fsp3) is 0.263. The van der Waals surface area contributed by atoms with Gasteiger partial charge in [0, 0.05) is 21.2 Å². The third-order valence-corrected chi connectivity index (χ3v) is 7.29. The van der Waals surface area contributed by atoms with Crippen LogP contribution in [-0.2, 0) is 16.6 Å². The fourth-order valence-corrected chi connectivity index (χ4v) is 5.27. The molecule has 1 atom stereocenters. The van der Waals surface area contributed by atoms with E-state index in [2.05, 4.69) is 4.72 Å². The molecular weight excluding hydrogens is 402 g/mol. The zero-order valence-electron chi connectivity index (χ0n) is 14.8. The van der Waals surface area contributed by atoms with Crippen LogP contribution in [0.1, 0.15) is 34.1 Å². The molecule has 1 aromatic carbocycles. The third kappa shape index (κ3) is 5.18. The van der Waals surface area contributed by atoms with E-state index < -0.39 is 16.1 Å². The van der Waals surface area contributed by atoms with E-state index in [1.165, 1.54) is 34.8 Å². The van der Waals surface area contributed by atoms with Crippen LogP contribution in [0.15, 0.2) is 58.8 Å². The molecule has 0 radical (unpaired) electrons. The predicted molar refractivity (Wildman–Crippen MR) is 109 cm³/mol. The van der Waals surface area contributed by atoms with Crippen molar-refractivity contribution >= 4 is 32.7 Å². The first-order valence-electron chi connectivity index (χ1n) is 8.52. The number of nitrogens with one attached hydrogen (secondary N) is 1. The predicted octanol–water partition coefficient (Wildman–Crippen LogP) is 4.16. The quantitative estimate of drug-likeness (QED) is 0.542. The van der Waals surface area contributed by atoms with Gasteiger partial charge in [0.25, 0.3) is 0 Å². The van der Waals surface area contributed by atoms with Crippen LogP contribution in [0.25, 0.3) is 0 Å². The van der Waals surface area contributed by atoms with Gasteiger partial charge in [0.1, 0.15) is 11.9 Å². The van der Waals surface area contributed by atoms with Crippen molar-refractivity contribution < 1.29 is 18.3 Å². The van der Waals surface area contributed by atoms with Crippen LogP contribution in [0.5, 0.6) is 5.75 Å². The minimum Gasteiger partial charge on any atom is -0.494 e. The van der Waals surface area contributed by atoms with E-state index in [1.54, 1.807) is 12.1 Å². The van der Waals surface area contributed by atoms with Gasteiger partial charge in [0.2, 0.25) is 10.0 Å². The molecule has 0 fully saturated rings. The maximum atomic E-state index is 12.5. The fourth-order valence-electron chi connectivity index (χ4n) is 2.41. The highest BCUT2D eigenvalue weighted by Gasteiger charge is 2.17. The van der Waals surface area contributed by atoms with Gasteiger partial charge >= 0.3 is 0 Å². The third-order valence-electron chi connectivity index (χ3n) is 3.81. The van der Waals surface area contributed by atoms with Gasteiger partial charge in [-0.2, -0.15) is 0 Å². The van der Waals surface area contributed by atoms with Gasteiger partial charge < -0.3 is 9.84 Å². The molecule has 1 unspecified atom stereocenters. The van der Waals surface area contributed by atoms with Crippen LogP contribution in [0.4, 0.5) is 0 Å². The summed E-state index contributed by atoms with van der Waals surface area (Å²) in [4.78, 5) is 2.70. The molecule has 2 aromatic heterocycles. The van der Waals surface area contributed by atoms with E-state index in [0.717, 1.165) is 21.1 Å². The number of hydrogen-bond acceptors (Lipinski definition) is 6. The maximum absolute atomic E-state index is 12.5. The molecule has 3 rings (SSSR count). The summed E-state index contributed by atoms with van der Waals surface area (Å²) < 4.78 is 33.0. The number of aliphatic hydroxyl groups excluding tert-OH is 1. The maximum Gasteiger partial charge on any atom is 0.240 e. The molecule has 0 saturated carbocycles. The van der Waals surface area contributed by atoms with Crippen molar-refractivity contribution in [3.05, 3.63) is 68.5 Å². The highest BCUT2D eigenvalue weighted by atomic mass is 32.2. The molecule has 0 bridgehead atoms. The molecule has 8 heteroatoms. The highest BCUT2D eigenvalue weighted by Crippen LogP contribution is 2.31. The summed E-state index contributed by atoms with van der Waals surface area (Å²) in [6.07, 6.45) is 0.224. The lowest BCUT2D eigenvalue weighted by Crippen LogP contribution is -2.22. The van der Waals surface area contributed by atoms with Crippen LogP contribution in [-0.4, -0.2) is 20.1 Å². The first kappa shape index (κ1) is 20.0. The summed E-state index contributed by atoms with van der Waals surface area (Å²) >= 11 is 2.89. The van der Waals surface area contributed by atoms with E-state index in [0.29, 0.717) is 12.4 Å². The van der Waals surface area contributed by atoms with Crippen LogP contribution in [0.3, 0.4) is 0 Å². The van der Waals surface area contributed by atoms with E-state index >= 15 is 0 Å². The van der Waals surface area contributed by atoms with Gasteiger partial charge in [-0.15, -0.1) is 22.7 Å². The second-order valence-corrected chi connectivity index (χ2v) is 9.81. The summed E-state index contributed by atoms with van der Waals surface area (Å²) in [5, 5.41) is 12.3. The normalized spacial score (nSPS) is 12.8. The van der Waals surface area contributed by atoms with Crippen molar-refractivity contribution in [3.8, 4) is 5.75 Å².